The molecule has 3 rings (SSSR count). The third kappa shape index (κ3) is 5.05. The molecule has 2 aliphatic rings. The lowest BCUT2D eigenvalue weighted by molar-refractivity contribution is 0.0879. The van der Waals surface area contributed by atoms with E-state index in [4.69, 9.17) is 0 Å². The smallest absolute Gasteiger partial charge is 0.191 e. The minimum atomic E-state index is -0.290. The summed E-state index contributed by atoms with van der Waals surface area (Å²) < 4.78 is 1.95. The number of hydrogen-bond donors (Lipinski definition) is 3. The number of nitrogens with zero attached hydrogens (tertiary/aromatic N) is 4. The number of nitrogens with one attached hydrogen (secondary N) is 2. The Balaban J connectivity index is 0.00000208. The predicted octanol–water partition coefficient (Wildman–Crippen LogP) is 1.32. The van der Waals surface area contributed by atoms with Gasteiger partial charge in [-0.15, -0.1) is 24.0 Å². The normalized spacial score (nSPS) is 23.1. The zero-order chi connectivity index (χ0) is 16.1. The summed E-state index contributed by atoms with van der Waals surface area (Å²) in [5.41, 5.74) is 0. The lowest BCUT2D eigenvalue weighted by Gasteiger charge is -2.28. The molecule has 1 fully saturated rings. The van der Waals surface area contributed by atoms with Crippen LogP contribution in [0.4, 0.5) is 0 Å². The molecule has 0 spiro atoms. The van der Waals surface area contributed by atoms with Crippen LogP contribution in [0.3, 0.4) is 0 Å². The molecule has 0 bridgehead atoms. The first-order valence-corrected chi connectivity index (χ1v) is 8.78. The second-order valence-electron chi connectivity index (χ2n) is 6.66. The topological polar surface area (TPSA) is 87.4 Å². The Morgan fingerprint density at radius 2 is 2.17 bits per heavy atom. The van der Waals surface area contributed by atoms with E-state index in [1.54, 1.807) is 13.4 Å². The van der Waals surface area contributed by atoms with Crippen molar-refractivity contribution in [1.82, 2.24) is 25.4 Å². The first-order valence-electron chi connectivity index (χ1n) is 8.78. The van der Waals surface area contributed by atoms with Crippen LogP contribution in [0.25, 0.3) is 0 Å². The molecule has 0 amide bonds. The van der Waals surface area contributed by atoms with Gasteiger partial charge in [-0.1, -0.05) is 19.3 Å². The van der Waals surface area contributed by atoms with E-state index >= 15 is 0 Å². The van der Waals surface area contributed by atoms with E-state index in [1.807, 2.05) is 4.68 Å². The van der Waals surface area contributed by atoms with Gasteiger partial charge in [-0.3, -0.25) is 4.99 Å². The second kappa shape index (κ2) is 9.55. The van der Waals surface area contributed by atoms with E-state index in [1.165, 1.54) is 19.3 Å². The fourth-order valence-corrected chi connectivity index (χ4v) is 3.63. The molecule has 0 aromatic carbocycles. The Kier molecular flexibility index (Phi) is 7.73. The molecule has 0 radical (unpaired) electrons. The van der Waals surface area contributed by atoms with Gasteiger partial charge in [0.1, 0.15) is 12.2 Å². The highest BCUT2D eigenvalue weighted by Gasteiger charge is 2.23. The van der Waals surface area contributed by atoms with Gasteiger partial charge in [-0.2, -0.15) is 5.10 Å². The van der Waals surface area contributed by atoms with E-state index in [9.17, 15) is 5.11 Å². The van der Waals surface area contributed by atoms with Crippen LogP contribution < -0.4 is 10.6 Å². The molecular weight excluding hydrogens is 419 g/mol. The molecule has 1 saturated carbocycles. The van der Waals surface area contributed by atoms with Crippen molar-refractivity contribution in [3.63, 3.8) is 0 Å². The summed E-state index contributed by atoms with van der Waals surface area (Å²) in [5.74, 6) is 2.24. The molecule has 8 heteroatoms. The molecular formula is C16H29IN6O. The van der Waals surface area contributed by atoms with Gasteiger partial charge in [-0.25, -0.2) is 9.67 Å². The van der Waals surface area contributed by atoms with Crippen molar-refractivity contribution in [2.75, 3.05) is 13.6 Å². The number of fused-ring (bicyclic) bond motifs is 1. The molecule has 1 aromatic rings. The maximum Gasteiger partial charge on any atom is 0.191 e. The van der Waals surface area contributed by atoms with Crippen LogP contribution in [0.15, 0.2) is 11.3 Å². The second-order valence-corrected chi connectivity index (χ2v) is 6.66. The zero-order valence-corrected chi connectivity index (χ0v) is 16.6. The first kappa shape index (κ1) is 19.4. The molecule has 1 aliphatic carbocycles. The Morgan fingerprint density at radius 1 is 1.38 bits per heavy atom. The third-order valence-electron chi connectivity index (χ3n) is 5.04. The highest BCUT2D eigenvalue weighted by Crippen LogP contribution is 2.26. The van der Waals surface area contributed by atoms with Crippen LogP contribution in [0.2, 0.25) is 0 Å². The van der Waals surface area contributed by atoms with Gasteiger partial charge in [0.25, 0.3) is 0 Å². The fraction of sp³-hybridized carbons (Fsp3) is 0.812. The summed E-state index contributed by atoms with van der Waals surface area (Å²) in [7, 11) is 1.77. The largest absolute Gasteiger partial charge is 0.391 e. The summed E-state index contributed by atoms with van der Waals surface area (Å²) in [6.07, 6.45) is 9.37. The Hall–Kier alpha value is -0.900. The van der Waals surface area contributed by atoms with Crippen molar-refractivity contribution in [1.29, 1.82) is 0 Å². The van der Waals surface area contributed by atoms with E-state index < -0.39 is 0 Å². The average Bonchev–Trinajstić information content (AvgIpc) is 3.06. The summed E-state index contributed by atoms with van der Waals surface area (Å²) in [5, 5.41) is 21.3. The van der Waals surface area contributed by atoms with Gasteiger partial charge in [0.05, 0.1) is 12.6 Å². The summed E-state index contributed by atoms with van der Waals surface area (Å²) in [6.45, 7) is 1.37. The predicted molar refractivity (Wildman–Crippen MR) is 105 cm³/mol. The fourth-order valence-electron chi connectivity index (χ4n) is 3.63. The average molecular weight is 448 g/mol. The summed E-state index contributed by atoms with van der Waals surface area (Å²) in [4.78, 5) is 8.53. The SMILES string of the molecule is CN=C(NCC(O)C1CCCCC1)NC1CCc2ncnn2C1.I. The molecule has 7 nitrogen and oxygen atoms in total. The number of aliphatic hydroxyl groups is 1. The Labute approximate surface area is 160 Å². The number of aryl methyl sites for hydroxylation is 1. The quantitative estimate of drug-likeness (QED) is 0.368. The van der Waals surface area contributed by atoms with Crippen LogP contribution in [-0.2, 0) is 13.0 Å². The van der Waals surface area contributed by atoms with E-state index in [2.05, 4.69) is 25.7 Å². The van der Waals surface area contributed by atoms with Gasteiger partial charge in [0.2, 0.25) is 0 Å². The Bertz CT molecular complexity index is 528. The van der Waals surface area contributed by atoms with E-state index in [0.717, 1.165) is 44.0 Å². The number of hydrogen-bond acceptors (Lipinski definition) is 4. The zero-order valence-electron chi connectivity index (χ0n) is 14.3. The van der Waals surface area contributed by atoms with Crippen LogP contribution in [0.1, 0.15) is 44.3 Å². The van der Waals surface area contributed by atoms with Crippen LogP contribution in [-0.4, -0.2) is 51.6 Å². The minimum Gasteiger partial charge on any atom is -0.391 e. The van der Waals surface area contributed by atoms with Crippen molar-refractivity contribution in [2.45, 2.75) is 63.6 Å². The highest BCUT2D eigenvalue weighted by atomic mass is 127. The number of aliphatic hydroxyl groups excluding tert-OH is 1. The number of rotatable bonds is 4. The number of aromatic nitrogens is 3. The number of halogens is 1. The van der Waals surface area contributed by atoms with Gasteiger partial charge in [0, 0.05) is 26.1 Å². The van der Waals surface area contributed by atoms with Gasteiger partial charge >= 0.3 is 0 Å². The van der Waals surface area contributed by atoms with Gasteiger partial charge in [0.15, 0.2) is 5.96 Å². The van der Waals surface area contributed by atoms with Crippen molar-refractivity contribution >= 4 is 29.9 Å². The van der Waals surface area contributed by atoms with E-state index in [-0.39, 0.29) is 30.1 Å². The van der Waals surface area contributed by atoms with E-state index in [0.29, 0.717) is 18.5 Å². The molecule has 1 aromatic heterocycles. The Morgan fingerprint density at radius 3 is 2.92 bits per heavy atom. The molecule has 2 heterocycles. The molecule has 2 unspecified atom stereocenters. The third-order valence-corrected chi connectivity index (χ3v) is 5.04. The molecule has 3 N–H and O–H groups in total. The van der Waals surface area contributed by atoms with Crippen molar-refractivity contribution in [2.24, 2.45) is 10.9 Å². The van der Waals surface area contributed by atoms with Gasteiger partial charge in [-0.05, 0) is 25.2 Å². The highest BCUT2D eigenvalue weighted by molar-refractivity contribution is 14.0. The minimum absolute atomic E-state index is 0. The van der Waals surface area contributed by atoms with Crippen LogP contribution >= 0.6 is 24.0 Å². The maximum absolute atomic E-state index is 10.4. The number of aliphatic imine (C=N–C) groups is 1. The van der Waals surface area contributed by atoms with Crippen LogP contribution in [0, 0.1) is 5.92 Å². The van der Waals surface area contributed by atoms with Crippen molar-refractivity contribution < 1.29 is 5.11 Å². The van der Waals surface area contributed by atoms with Crippen molar-refractivity contribution in [3.05, 3.63) is 12.2 Å². The maximum atomic E-state index is 10.4. The standard InChI is InChI=1S/C16H28N6O.HI/c1-17-16(18-9-14(23)12-5-3-2-4-6-12)21-13-7-8-15-19-11-20-22(15)10-13;/h11-14,23H,2-10H2,1H3,(H2,17,18,21);1H. The number of guanidine groups is 1. The monoisotopic (exact) mass is 448 g/mol. The summed E-state index contributed by atoms with van der Waals surface area (Å²) >= 11 is 0. The van der Waals surface area contributed by atoms with Gasteiger partial charge < -0.3 is 15.7 Å². The van der Waals surface area contributed by atoms with Crippen LogP contribution in [0.5, 0.6) is 0 Å². The summed E-state index contributed by atoms with van der Waals surface area (Å²) in [6, 6.07) is 0.294. The molecule has 24 heavy (non-hydrogen) atoms. The van der Waals surface area contributed by atoms with Crippen molar-refractivity contribution in [3.8, 4) is 0 Å². The molecule has 136 valence electrons. The molecule has 1 aliphatic heterocycles. The first-order chi connectivity index (χ1) is 11.3. The lowest BCUT2D eigenvalue weighted by atomic mass is 9.85. The molecule has 2 atom stereocenters. The molecule has 0 saturated heterocycles. The lowest BCUT2D eigenvalue weighted by Crippen LogP contribution is -2.49.